The molecule has 2 atom stereocenters. The maximum absolute atomic E-state index is 5.82. The summed E-state index contributed by atoms with van der Waals surface area (Å²) < 4.78 is 13.3. The Morgan fingerprint density at radius 1 is 1.10 bits per heavy atom. The van der Waals surface area contributed by atoms with Crippen LogP contribution in [0.25, 0.3) is 11.0 Å². The SMILES string of the molecule is c1nc2c(cnn2C2CCCCO2)cc1C1CCCOC1. The second kappa shape index (κ2) is 5.73. The molecular weight excluding hydrogens is 266 g/mol. The van der Waals surface area contributed by atoms with E-state index < -0.39 is 0 Å². The van der Waals surface area contributed by atoms with Crippen LogP contribution >= 0.6 is 0 Å². The van der Waals surface area contributed by atoms with Crippen LogP contribution in [-0.2, 0) is 9.47 Å². The molecule has 2 saturated heterocycles. The number of rotatable bonds is 2. The molecule has 4 rings (SSSR count). The summed E-state index contributed by atoms with van der Waals surface area (Å²) in [5.74, 6) is 0.477. The Labute approximate surface area is 124 Å². The van der Waals surface area contributed by atoms with Gasteiger partial charge in [-0.05, 0) is 43.7 Å². The summed E-state index contributed by atoms with van der Waals surface area (Å²) in [5, 5.41) is 5.61. The smallest absolute Gasteiger partial charge is 0.160 e. The van der Waals surface area contributed by atoms with Crippen LogP contribution in [0.15, 0.2) is 18.5 Å². The molecule has 5 nitrogen and oxygen atoms in total. The summed E-state index contributed by atoms with van der Waals surface area (Å²) in [6.07, 6.45) is 9.64. The third-order valence-electron chi connectivity index (χ3n) is 4.51. The van der Waals surface area contributed by atoms with E-state index in [9.17, 15) is 0 Å². The quantitative estimate of drug-likeness (QED) is 0.852. The number of ether oxygens (including phenoxy) is 2. The Bertz CT molecular complexity index is 613. The van der Waals surface area contributed by atoms with Crippen LogP contribution in [0.1, 0.15) is 49.8 Å². The number of hydrogen-bond acceptors (Lipinski definition) is 4. The highest BCUT2D eigenvalue weighted by Crippen LogP contribution is 2.29. The molecule has 2 unspecified atom stereocenters. The highest BCUT2D eigenvalue weighted by molar-refractivity contribution is 5.75. The molecule has 0 aromatic carbocycles. The number of pyridine rings is 1. The molecule has 21 heavy (non-hydrogen) atoms. The molecule has 4 heterocycles. The maximum atomic E-state index is 5.82. The second-order valence-electron chi connectivity index (χ2n) is 6.01. The Hall–Kier alpha value is -1.46. The van der Waals surface area contributed by atoms with Crippen molar-refractivity contribution in [2.45, 2.75) is 44.2 Å². The number of nitrogens with zero attached hydrogens (tertiary/aromatic N) is 3. The van der Waals surface area contributed by atoms with E-state index in [1.807, 2.05) is 17.1 Å². The van der Waals surface area contributed by atoms with Gasteiger partial charge >= 0.3 is 0 Å². The first-order chi connectivity index (χ1) is 10.4. The predicted octanol–water partition coefficient (Wildman–Crippen LogP) is 3.02. The van der Waals surface area contributed by atoms with E-state index >= 15 is 0 Å². The maximum Gasteiger partial charge on any atom is 0.160 e. The summed E-state index contributed by atoms with van der Waals surface area (Å²) >= 11 is 0. The fourth-order valence-electron chi connectivity index (χ4n) is 3.31. The molecule has 5 heteroatoms. The van der Waals surface area contributed by atoms with E-state index in [4.69, 9.17) is 9.47 Å². The summed E-state index contributed by atoms with van der Waals surface area (Å²) in [6, 6.07) is 2.22. The van der Waals surface area contributed by atoms with Gasteiger partial charge in [0.15, 0.2) is 11.9 Å². The fourth-order valence-corrected chi connectivity index (χ4v) is 3.31. The van der Waals surface area contributed by atoms with Gasteiger partial charge in [0.25, 0.3) is 0 Å². The third-order valence-corrected chi connectivity index (χ3v) is 4.51. The Balaban J connectivity index is 1.63. The molecule has 2 fully saturated rings. The average Bonchev–Trinajstić information content (AvgIpc) is 2.99. The van der Waals surface area contributed by atoms with Gasteiger partial charge in [-0.15, -0.1) is 0 Å². The van der Waals surface area contributed by atoms with E-state index in [0.29, 0.717) is 5.92 Å². The summed E-state index contributed by atoms with van der Waals surface area (Å²) in [5.41, 5.74) is 2.20. The van der Waals surface area contributed by atoms with Gasteiger partial charge in [-0.2, -0.15) is 5.10 Å². The van der Waals surface area contributed by atoms with Crippen LogP contribution < -0.4 is 0 Å². The van der Waals surface area contributed by atoms with Crippen LogP contribution in [-0.4, -0.2) is 34.6 Å². The highest BCUT2D eigenvalue weighted by Gasteiger charge is 2.21. The largest absolute Gasteiger partial charge is 0.381 e. The van der Waals surface area contributed by atoms with Crippen molar-refractivity contribution in [3.63, 3.8) is 0 Å². The van der Waals surface area contributed by atoms with Crippen molar-refractivity contribution in [3.8, 4) is 0 Å². The standard InChI is InChI=1S/C16H21N3O2/c1-2-7-21-15(5-1)19-16-14(10-18-19)8-13(9-17-16)12-4-3-6-20-11-12/h8-10,12,15H,1-7,11H2. The summed E-state index contributed by atoms with van der Waals surface area (Å²) in [7, 11) is 0. The molecule has 0 bridgehead atoms. The Morgan fingerprint density at radius 3 is 2.90 bits per heavy atom. The van der Waals surface area contributed by atoms with Gasteiger partial charge in [0.05, 0.1) is 12.8 Å². The molecule has 0 N–H and O–H groups in total. The lowest BCUT2D eigenvalue weighted by molar-refractivity contribution is -0.0370. The van der Waals surface area contributed by atoms with Gasteiger partial charge in [0.2, 0.25) is 0 Å². The van der Waals surface area contributed by atoms with Crippen molar-refractivity contribution in [3.05, 3.63) is 24.0 Å². The Morgan fingerprint density at radius 2 is 2.10 bits per heavy atom. The molecule has 0 spiro atoms. The average molecular weight is 287 g/mol. The lowest BCUT2D eigenvalue weighted by atomic mass is 9.94. The minimum Gasteiger partial charge on any atom is -0.381 e. The van der Waals surface area contributed by atoms with Crippen molar-refractivity contribution in [2.75, 3.05) is 19.8 Å². The molecule has 2 aliphatic heterocycles. The monoisotopic (exact) mass is 287 g/mol. The van der Waals surface area contributed by atoms with E-state index in [0.717, 1.165) is 50.1 Å². The first kappa shape index (κ1) is 13.2. The van der Waals surface area contributed by atoms with Gasteiger partial charge in [-0.25, -0.2) is 9.67 Å². The van der Waals surface area contributed by atoms with Crippen LogP contribution in [0.4, 0.5) is 0 Å². The minimum atomic E-state index is 0.0487. The van der Waals surface area contributed by atoms with E-state index in [2.05, 4.69) is 16.1 Å². The van der Waals surface area contributed by atoms with Crippen molar-refractivity contribution < 1.29 is 9.47 Å². The van der Waals surface area contributed by atoms with E-state index in [-0.39, 0.29) is 6.23 Å². The highest BCUT2D eigenvalue weighted by atomic mass is 16.5. The lowest BCUT2D eigenvalue weighted by Gasteiger charge is -2.23. The van der Waals surface area contributed by atoms with E-state index in [1.54, 1.807) is 0 Å². The van der Waals surface area contributed by atoms with Crippen molar-refractivity contribution in [2.24, 2.45) is 0 Å². The predicted molar refractivity (Wildman–Crippen MR) is 79.2 cm³/mol. The lowest BCUT2D eigenvalue weighted by Crippen LogP contribution is -2.19. The van der Waals surface area contributed by atoms with Gasteiger partial charge in [0.1, 0.15) is 0 Å². The minimum absolute atomic E-state index is 0.0487. The molecule has 2 aliphatic rings. The molecule has 2 aromatic heterocycles. The molecule has 0 saturated carbocycles. The zero-order valence-corrected chi connectivity index (χ0v) is 12.2. The van der Waals surface area contributed by atoms with Gasteiger partial charge in [-0.3, -0.25) is 0 Å². The van der Waals surface area contributed by atoms with Crippen LogP contribution in [0.5, 0.6) is 0 Å². The Kier molecular flexibility index (Phi) is 3.61. The molecule has 2 aromatic rings. The second-order valence-corrected chi connectivity index (χ2v) is 6.01. The third kappa shape index (κ3) is 2.56. The van der Waals surface area contributed by atoms with Crippen LogP contribution in [0.2, 0.25) is 0 Å². The van der Waals surface area contributed by atoms with Gasteiger partial charge < -0.3 is 9.47 Å². The zero-order valence-electron chi connectivity index (χ0n) is 12.2. The molecule has 112 valence electrons. The molecule has 0 aliphatic carbocycles. The normalized spacial score (nSPS) is 27.0. The summed E-state index contributed by atoms with van der Waals surface area (Å²) in [4.78, 5) is 4.66. The summed E-state index contributed by atoms with van der Waals surface area (Å²) in [6.45, 7) is 2.53. The topological polar surface area (TPSA) is 49.2 Å². The number of hydrogen-bond donors (Lipinski definition) is 0. The van der Waals surface area contributed by atoms with Crippen molar-refractivity contribution >= 4 is 11.0 Å². The number of aromatic nitrogens is 3. The first-order valence-corrected chi connectivity index (χ1v) is 7.94. The fraction of sp³-hybridized carbons (Fsp3) is 0.625. The van der Waals surface area contributed by atoms with E-state index in [1.165, 1.54) is 18.4 Å². The zero-order chi connectivity index (χ0) is 14.1. The number of fused-ring (bicyclic) bond motifs is 1. The van der Waals surface area contributed by atoms with Gasteiger partial charge in [-0.1, -0.05) is 0 Å². The van der Waals surface area contributed by atoms with Crippen molar-refractivity contribution in [1.29, 1.82) is 0 Å². The van der Waals surface area contributed by atoms with Gasteiger partial charge in [0, 0.05) is 30.7 Å². The van der Waals surface area contributed by atoms with Crippen LogP contribution in [0, 0.1) is 0 Å². The van der Waals surface area contributed by atoms with Crippen molar-refractivity contribution in [1.82, 2.24) is 14.8 Å². The molecular formula is C16H21N3O2. The molecule has 0 amide bonds. The molecule has 0 radical (unpaired) electrons. The van der Waals surface area contributed by atoms with Crippen LogP contribution in [0.3, 0.4) is 0 Å². The first-order valence-electron chi connectivity index (χ1n) is 7.94.